The van der Waals surface area contributed by atoms with E-state index in [0.717, 1.165) is 0 Å². The molecule has 0 aliphatic rings. The first-order chi connectivity index (χ1) is 4.80. The molecular weight excluding hydrogens is 140 g/mol. The van der Waals surface area contributed by atoms with Crippen molar-refractivity contribution in [1.82, 2.24) is 0 Å². The maximum Gasteiger partial charge on any atom is 0.154 e. The molecule has 11 heavy (non-hydrogen) atoms. The highest BCUT2D eigenvalue weighted by atomic mass is 16.5. The van der Waals surface area contributed by atoms with Gasteiger partial charge in [-0.1, -0.05) is 34.6 Å². The van der Waals surface area contributed by atoms with Gasteiger partial charge in [-0.05, 0) is 11.3 Å². The minimum atomic E-state index is -1.20. The van der Waals surface area contributed by atoms with E-state index in [2.05, 4.69) is 27.7 Å². The number of aliphatic hydroxyl groups is 2. The van der Waals surface area contributed by atoms with E-state index in [1.807, 2.05) is 6.92 Å². The molecule has 0 spiro atoms. The molecule has 0 fully saturated rings. The van der Waals surface area contributed by atoms with E-state index in [0.29, 0.717) is 5.92 Å². The molecule has 0 bridgehead atoms. The van der Waals surface area contributed by atoms with Crippen molar-refractivity contribution < 1.29 is 10.2 Å². The summed E-state index contributed by atoms with van der Waals surface area (Å²) in [5.41, 5.74) is -0.0197. The molecule has 0 saturated heterocycles. The number of rotatable bonds is 3. The minimum absolute atomic E-state index is 0.0197. The van der Waals surface area contributed by atoms with E-state index < -0.39 is 6.29 Å². The van der Waals surface area contributed by atoms with Gasteiger partial charge < -0.3 is 10.2 Å². The minimum Gasteiger partial charge on any atom is -0.368 e. The lowest BCUT2D eigenvalue weighted by molar-refractivity contribution is -0.119. The van der Waals surface area contributed by atoms with Crippen molar-refractivity contribution in [3.05, 3.63) is 0 Å². The summed E-state index contributed by atoms with van der Waals surface area (Å²) in [6.07, 6.45) is -1.20. The second-order valence-electron chi connectivity index (χ2n) is 4.18. The Morgan fingerprint density at radius 1 is 1.00 bits per heavy atom. The SMILES string of the molecule is CC(C)C(C)(C)C(C)C(O)O. The third kappa shape index (κ3) is 2.46. The van der Waals surface area contributed by atoms with Gasteiger partial charge in [-0.2, -0.15) is 0 Å². The van der Waals surface area contributed by atoms with Crippen LogP contribution in [0.2, 0.25) is 0 Å². The van der Waals surface area contributed by atoms with E-state index >= 15 is 0 Å². The van der Waals surface area contributed by atoms with Gasteiger partial charge >= 0.3 is 0 Å². The third-order valence-electron chi connectivity index (χ3n) is 3.11. The molecule has 2 nitrogen and oxygen atoms in total. The normalized spacial score (nSPS) is 16.1. The van der Waals surface area contributed by atoms with Crippen LogP contribution < -0.4 is 0 Å². The third-order valence-corrected chi connectivity index (χ3v) is 3.11. The van der Waals surface area contributed by atoms with Crippen LogP contribution in [0.1, 0.15) is 34.6 Å². The lowest BCUT2D eigenvalue weighted by atomic mass is 9.71. The Morgan fingerprint density at radius 2 is 1.36 bits per heavy atom. The molecule has 0 radical (unpaired) electrons. The summed E-state index contributed by atoms with van der Waals surface area (Å²) in [4.78, 5) is 0. The van der Waals surface area contributed by atoms with Gasteiger partial charge in [-0.25, -0.2) is 0 Å². The molecular formula is C9H20O2. The summed E-state index contributed by atoms with van der Waals surface area (Å²) in [5.74, 6) is 0.377. The largest absolute Gasteiger partial charge is 0.368 e. The van der Waals surface area contributed by atoms with Crippen LogP contribution in [0.5, 0.6) is 0 Å². The van der Waals surface area contributed by atoms with Gasteiger partial charge in [0.15, 0.2) is 6.29 Å². The molecule has 1 atom stereocenters. The Morgan fingerprint density at radius 3 is 1.45 bits per heavy atom. The Balaban J connectivity index is 4.29. The fourth-order valence-electron chi connectivity index (χ4n) is 0.910. The van der Waals surface area contributed by atoms with Crippen LogP contribution >= 0.6 is 0 Å². The van der Waals surface area contributed by atoms with Crippen LogP contribution in [0.15, 0.2) is 0 Å². The quantitative estimate of drug-likeness (QED) is 0.616. The molecule has 0 aromatic carbocycles. The zero-order valence-electron chi connectivity index (χ0n) is 8.13. The average Bonchev–Trinajstić information content (AvgIpc) is 1.85. The van der Waals surface area contributed by atoms with Crippen LogP contribution in [0.25, 0.3) is 0 Å². The Kier molecular flexibility index (Phi) is 3.52. The molecule has 0 heterocycles. The van der Waals surface area contributed by atoms with Crippen molar-refractivity contribution in [2.24, 2.45) is 17.3 Å². The molecule has 2 heteroatoms. The Bertz CT molecular complexity index is 117. The average molecular weight is 160 g/mol. The summed E-state index contributed by atoms with van der Waals surface area (Å²) < 4.78 is 0. The highest BCUT2D eigenvalue weighted by molar-refractivity contribution is 4.79. The molecule has 0 aliphatic heterocycles. The summed E-state index contributed by atoms with van der Waals surface area (Å²) in [6, 6.07) is 0. The molecule has 0 aromatic rings. The van der Waals surface area contributed by atoms with Crippen LogP contribution in [-0.4, -0.2) is 16.5 Å². The van der Waals surface area contributed by atoms with Gasteiger partial charge in [-0.15, -0.1) is 0 Å². The second-order valence-corrected chi connectivity index (χ2v) is 4.18. The summed E-state index contributed by atoms with van der Waals surface area (Å²) in [6.45, 7) is 10.2. The molecule has 0 rings (SSSR count). The van der Waals surface area contributed by atoms with E-state index in [1.165, 1.54) is 0 Å². The fourth-order valence-corrected chi connectivity index (χ4v) is 0.910. The smallest absolute Gasteiger partial charge is 0.154 e. The predicted octanol–water partition coefficient (Wildman–Crippen LogP) is 1.62. The molecule has 2 N–H and O–H groups in total. The monoisotopic (exact) mass is 160 g/mol. The lowest BCUT2D eigenvalue weighted by Crippen LogP contribution is -2.35. The molecule has 0 aliphatic carbocycles. The fraction of sp³-hybridized carbons (Fsp3) is 1.00. The van der Waals surface area contributed by atoms with E-state index in [1.54, 1.807) is 0 Å². The standard InChI is InChI=1S/C9H20O2/c1-6(2)9(4,5)7(3)8(10)11/h6-8,10-11H,1-5H3. The molecule has 68 valence electrons. The maximum absolute atomic E-state index is 8.96. The lowest BCUT2D eigenvalue weighted by Gasteiger charge is -2.36. The number of hydrogen-bond donors (Lipinski definition) is 2. The first-order valence-corrected chi connectivity index (χ1v) is 4.16. The van der Waals surface area contributed by atoms with Crippen molar-refractivity contribution in [1.29, 1.82) is 0 Å². The van der Waals surface area contributed by atoms with Gasteiger partial charge in [0, 0.05) is 5.92 Å². The van der Waals surface area contributed by atoms with Crippen LogP contribution in [0.3, 0.4) is 0 Å². The van der Waals surface area contributed by atoms with Gasteiger partial charge in [0.2, 0.25) is 0 Å². The van der Waals surface area contributed by atoms with Crippen LogP contribution in [-0.2, 0) is 0 Å². The highest BCUT2D eigenvalue weighted by Gasteiger charge is 2.32. The first kappa shape index (κ1) is 10.9. The highest BCUT2D eigenvalue weighted by Crippen LogP contribution is 2.35. The van der Waals surface area contributed by atoms with E-state index in [-0.39, 0.29) is 11.3 Å². The van der Waals surface area contributed by atoms with Gasteiger partial charge in [0.05, 0.1) is 0 Å². The summed E-state index contributed by atoms with van der Waals surface area (Å²) in [5, 5.41) is 17.9. The summed E-state index contributed by atoms with van der Waals surface area (Å²) in [7, 11) is 0. The van der Waals surface area contributed by atoms with Gasteiger partial charge in [0.25, 0.3) is 0 Å². The number of hydrogen-bond acceptors (Lipinski definition) is 2. The second kappa shape index (κ2) is 3.55. The van der Waals surface area contributed by atoms with Gasteiger partial charge in [0.1, 0.15) is 0 Å². The predicted molar refractivity (Wildman–Crippen MR) is 46.0 cm³/mol. The van der Waals surface area contributed by atoms with Crippen molar-refractivity contribution in [3.63, 3.8) is 0 Å². The first-order valence-electron chi connectivity index (χ1n) is 4.16. The molecule has 1 unspecified atom stereocenters. The van der Waals surface area contributed by atoms with Crippen LogP contribution in [0, 0.1) is 17.3 Å². The topological polar surface area (TPSA) is 40.5 Å². The van der Waals surface area contributed by atoms with Crippen molar-refractivity contribution >= 4 is 0 Å². The van der Waals surface area contributed by atoms with Crippen molar-refractivity contribution in [3.8, 4) is 0 Å². The zero-order chi connectivity index (χ0) is 9.23. The van der Waals surface area contributed by atoms with Crippen LogP contribution in [0.4, 0.5) is 0 Å². The summed E-state index contributed by atoms with van der Waals surface area (Å²) >= 11 is 0. The molecule has 0 aromatic heterocycles. The Hall–Kier alpha value is -0.0800. The molecule has 0 saturated carbocycles. The maximum atomic E-state index is 8.96. The zero-order valence-corrected chi connectivity index (χ0v) is 8.13. The number of aliphatic hydroxyl groups excluding tert-OH is 1. The molecule has 0 amide bonds. The van der Waals surface area contributed by atoms with E-state index in [9.17, 15) is 0 Å². The Labute approximate surface area is 69.2 Å². The van der Waals surface area contributed by atoms with Crippen molar-refractivity contribution in [2.45, 2.75) is 40.9 Å². The van der Waals surface area contributed by atoms with E-state index in [4.69, 9.17) is 10.2 Å². The van der Waals surface area contributed by atoms with Gasteiger partial charge in [-0.3, -0.25) is 0 Å². The van der Waals surface area contributed by atoms with Crippen molar-refractivity contribution in [2.75, 3.05) is 0 Å².